The van der Waals surface area contributed by atoms with Gasteiger partial charge in [-0.2, -0.15) is 0 Å². The first-order valence-electron chi connectivity index (χ1n) is 38.0. The molecule has 0 saturated heterocycles. The number of hydrogen-bond acceptors (Lipinski definition) is 6. The van der Waals surface area contributed by atoms with Gasteiger partial charge in [-0.3, -0.25) is 14.4 Å². The number of carbonyl (C=O) groups is 3. The number of esters is 3. The van der Waals surface area contributed by atoms with Crippen LogP contribution >= 0.6 is 0 Å². The predicted molar refractivity (Wildman–Crippen MR) is 358 cm³/mol. The van der Waals surface area contributed by atoms with Gasteiger partial charge in [0.25, 0.3) is 0 Å². The van der Waals surface area contributed by atoms with Crippen molar-refractivity contribution in [2.24, 2.45) is 0 Å². The van der Waals surface area contributed by atoms with E-state index in [1.807, 2.05) is 0 Å². The Labute approximate surface area is 514 Å². The van der Waals surface area contributed by atoms with E-state index in [2.05, 4.69) is 20.8 Å². The maximum atomic E-state index is 13.0. The molecule has 0 spiro atoms. The van der Waals surface area contributed by atoms with Gasteiger partial charge in [-0.25, -0.2) is 0 Å². The van der Waals surface area contributed by atoms with Crippen LogP contribution in [-0.4, -0.2) is 37.2 Å². The minimum Gasteiger partial charge on any atom is -0.462 e. The molecule has 0 heterocycles. The molecule has 0 N–H and O–H groups in total. The molecule has 0 radical (unpaired) electrons. The first kappa shape index (κ1) is 80.4. The van der Waals surface area contributed by atoms with Crippen LogP contribution in [0.4, 0.5) is 0 Å². The second-order valence-corrected chi connectivity index (χ2v) is 26.3. The smallest absolute Gasteiger partial charge is 0.306 e. The van der Waals surface area contributed by atoms with Crippen molar-refractivity contribution in [3.8, 4) is 0 Å². The lowest BCUT2D eigenvalue weighted by atomic mass is 10.0. The summed E-state index contributed by atoms with van der Waals surface area (Å²) >= 11 is 0. The lowest BCUT2D eigenvalue weighted by Crippen LogP contribution is -2.30. The van der Waals surface area contributed by atoms with E-state index in [-0.39, 0.29) is 31.1 Å². The maximum Gasteiger partial charge on any atom is 0.306 e. The molecular weight excluding hydrogens is 1010 g/mol. The van der Waals surface area contributed by atoms with Crippen molar-refractivity contribution in [3.63, 3.8) is 0 Å². The zero-order valence-corrected chi connectivity index (χ0v) is 56.3. The van der Waals surface area contributed by atoms with Crippen LogP contribution in [0.5, 0.6) is 0 Å². The third kappa shape index (κ3) is 69.2. The van der Waals surface area contributed by atoms with Crippen molar-refractivity contribution in [3.05, 3.63) is 0 Å². The standard InChI is InChI=1S/C76H148O6/c1-4-7-10-13-16-19-22-25-28-30-32-34-35-36-37-38-39-40-41-42-44-45-48-51-54-57-60-63-66-69-75(78)81-72-73(71-80-74(77)68-65-62-59-56-53-50-47-27-24-21-18-15-12-9-6-3)82-76(79)70-67-64-61-58-55-52-49-46-43-33-31-29-26-23-20-17-14-11-8-5-2/h73H,4-72H2,1-3H3. The fraction of sp³-hybridized carbons (Fsp3) is 0.961. The van der Waals surface area contributed by atoms with Gasteiger partial charge in [-0.05, 0) is 19.3 Å². The summed E-state index contributed by atoms with van der Waals surface area (Å²) in [6, 6.07) is 0. The average molecular weight is 1160 g/mol. The van der Waals surface area contributed by atoms with Gasteiger partial charge in [-0.1, -0.05) is 412 Å². The molecule has 0 saturated carbocycles. The molecule has 1 unspecified atom stereocenters. The first-order valence-corrected chi connectivity index (χ1v) is 38.0. The van der Waals surface area contributed by atoms with Crippen molar-refractivity contribution >= 4 is 17.9 Å². The largest absolute Gasteiger partial charge is 0.462 e. The first-order chi connectivity index (χ1) is 40.5. The van der Waals surface area contributed by atoms with Gasteiger partial charge in [0, 0.05) is 19.3 Å². The molecule has 6 nitrogen and oxygen atoms in total. The molecule has 0 aromatic carbocycles. The second kappa shape index (κ2) is 71.9. The van der Waals surface area contributed by atoms with E-state index in [1.54, 1.807) is 0 Å². The summed E-state index contributed by atoms with van der Waals surface area (Å²) in [4.78, 5) is 38.5. The number of ether oxygens (including phenoxy) is 3. The van der Waals surface area contributed by atoms with Crippen LogP contribution in [0.3, 0.4) is 0 Å². The summed E-state index contributed by atoms with van der Waals surface area (Å²) in [7, 11) is 0. The van der Waals surface area contributed by atoms with E-state index < -0.39 is 6.10 Å². The SMILES string of the molecule is CCCCCCCCCCCCCCCCCCCCCCCCCCCCCCCC(=O)OCC(COC(=O)CCCCCCCCCCCCCCCCC)OC(=O)CCCCCCCCCCCCCCCCCCCCCC. The van der Waals surface area contributed by atoms with Gasteiger partial charge in [0.15, 0.2) is 6.10 Å². The fourth-order valence-corrected chi connectivity index (χ4v) is 12.2. The molecule has 6 heteroatoms. The van der Waals surface area contributed by atoms with Crippen LogP contribution in [0.15, 0.2) is 0 Å². The number of hydrogen-bond donors (Lipinski definition) is 0. The Hall–Kier alpha value is -1.59. The monoisotopic (exact) mass is 1160 g/mol. The summed E-state index contributed by atoms with van der Waals surface area (Å²) in [5.74, 6) is -0.815. The third-order valence-corrected chi connectivity index (χ3v) is 17.9. The third-order valence-electron chi connectivity index (χ3n) is 17.9. The number of unbranched alkanes of at least 4 members (excludes halogenated alkanes) is 61. The van der Waals surface area contributed by atoms with Crippen molar-refractivity contribution in [1.82, 2.24) is 0 Å². The zero-order chi connectivity index (χ0) is 59.2. The molecule has 1 atom stereocenters. The predicted octanol–water partition coefficient (Wildman–Crippen LogP) is 26.2. The minimum atomic E-state index is -0.764. The Kier molecular flexibility index (Phi) is 70.5. The number of rotatable bonds is 72. The summed E-state index contributed by atoms with van der Waals surface area (Å²) < 4.78 is 17.0. The van der Waals surface area contributed by atoms with Crippen molar-refractivity contribution in [1.29, 1.82) is 0 Å². The van der Waals surface area contributed by atoms with Gasteiger partial charge < -0.3 is 14.2 Å². The molecule has 0 aromatic rings. The van der Waals surface area contributed by atoms with E-state index in [9.17, 15) is 14.4 Å². The van der Waals surface area contributed by atoms with Gasteiger partial charge in [0.1, 0.15) is 13.2 Å². The van der Waals surface area contributed by atoms with E-state index in [0.717, 1.165) is 57.8 Å². The Morgan fingerprint density at radius 1 is 0.195 bits per heavy atom. The highest BCUT2D eigenvalue weighted by atomic mass is 16.6. The van der Waals surface area contributed by atoms with Crippen LogP contribution in [0.1, 0.15) is 451 Å². The Morgan fingerprint density at radius 3 is 0.488 bits per heavy atom. The summed E-state index contributed by atoms with van der Waals surface area (Å²) in [6.45, 7) is 6.76. The molecule has 0 fully saturated rings. The van der Waals surface area contributed by atoms with Crippen LogP contribution in [-0.2, 0) is 28.6 Å². The highest BCUT2D eigenvalue weighted by Crippen LogP contribution is 2.20. The van der Waals surface area contributed by atoms with Crippen LogP contribution in [0, 0.1) is 0 Å². The second-order valence-electron chi connectivity index (χ2n) is 26.3. The lowest BCUT2D eigenvalue weighted by Gasteiger charge is -2.18. The van der Waals surface area contributed by atoms with Gasteiger partial charge in [0.05, 0.1) is 0 Å². The van der Waals surface area contributed by atoms with Crippen molar-refractivity contribution in [2.75, 3.05) is 13.2 Å². The normalized spacial score (nSPS) is 11.9. The van der Waals surface area contributed by atoms with E-state index >= 15 is 0 Å². The molecule has 0 aliphatic carbocycles. The molecule has 488 valence electrons. The fourth-order valence-electron chi connectivity index (χ4n) is 12.2. The minimum absolute atomic E-state index is 0.0599. The lowest BCUT2D eigenvalue weighted by molar-refractivity contribution is -0.167. The van der Waals surface area contributed by atoms with Gasteiger partial charge in [-0.15, -0.1) is 0 Å². The quantitative estimate of drug-likeness (QED) is 0.0343. The van der Waals surface area contributed by atoms with Crippen LogP contribution < -0.4 is 0 Å². The highest BCUT2D eigenvalue weighted by Gasteiger charge is 2.20. The Balaban J connectivity index is 4.16. The Bertz CT molecular complexity index is 1240. The molecule has 0 rings (SSSR count). The van der Waals surface area contributed by atoms with E-state index in [1.165, 1.54) is 353 Å². The molecule has 0 aromatic heterocycles. The average Bonchev–Trinajstić information content (AvgIpc) is 3.47. The molecule has 0 aliphatic rings. The molecular formula is C76H148O6. The zero-order valence-electron chi connectivity index (χ0n) is 56.3. The van der Waals surface area contributed by atoms with E-state index in [0.29, 0.717) is 19.3 Å². The van der Waals surface area contributed by atoms with Crippen molar-refractivity contribution in [2.45, 2.75) is 457 Å². The highest BCUT2D eigenvalue weighted by molar-refractivity contribution is 5.71. The Morgan fingerprint density at radius 2 is 0.329 bits per heavy atom. The molecule has 0 amide bonds. The maximum absolute atomic E-state index is 13.0. The van der Waals surface area contributed by atoms with Crippen molar-refractivity contribution < 1.29 is 28.6 Å². The summed E-state index contributed by atoms with van der Waals surface area (Å²) in [5, 5.41) is 0. The molecule has 0 bridgehead atoms. The molecule has 82 heavy (non-hydrogen) atoms. The van der Waals surface area contributed by atoms with Crippen LogP contribution in [0.25, 0.3) is 0 Å². The summed E-state index contributed by atoms with van der Waals surface area (Å²) in [5.41, 5.74) is 0. The topological polar surface area (TPSA) is 78.9 Å². The number of carbonyl (C=O) groups excluding carboxylic acids is 3. The molecule has 0 aliphatic heterocycles. The van der Waals surface area contributed by atoms with Gasteiger partial charge >= 0.3 is 17.9 Å². The van der Waals surface area contributed by atoms with E-state index in [4.69, 9.17) is 14.2 Å². The summed E-state index contributed by atoms with van der Waals surface area (Å²) in [6.07, 6.45) is 85.8. The van der Waals surface area contributed by atoms with Gasteiger partial charge in [0.2, 0.25) is 0 Å². The van der Waals surface area contributed by atoms with Crippen LogP contribution in [0.2, 0.25) is 0 Å².